The topological polar surface area (TPSA) is 91.2 Å². The van der Waals surface area contributed by atoms with Gasteiger partial charge in [0.2, 0.25) is 5.76 Å². The molecule has 8 heteroatoms. The van der Waals surface area contributed by atoms with E-state index in [-0.39, 0.29) is 11.3 Å². The summed E-state index contributed by atoms with van der Waals surface area (Å²) in [6.07, 6.45) is 7.24. The van der Waals surface area contributed by atoms with E-state index < -0.39 is 0 Å². The zero-order valence-corrected chi connectivity index (χ0v) is 13.7. The summed E-state index contributed by atoms with van der Waals surface area (Å²) in [5, 5.41) is 4.67. The van der Waals surface area contributed by atoms with Crippen LogP contribution >= 0.6 is 0 Å². The minimum Gasteiger partial charge on any atom is -0.354 e. The van der Waals surface area contributed by atoms with Gasteiger partial charge in [0, 0.05) is 43.9 Å². The van der Waals surface area contributed by atoms with Crippen molar-refractivity contribution >= 4 is 22.8 Å². The van der Waals surface area contributed by atoms with Gasteiger partial charge in [0.1, 0.15) is 17.8 Å². The largest absolute Gasteiger partial charge is 0.354 e. The molecule has 3 aromatic rings. The van der Waals surface area contributed by atoms with Crippen LogP contribution in [0.3, 0.4) is 0 Å². The third-order valence-corrected chi connectivity index (χ3v) is 5.22. The van der Waals surface area contributed by atoms with Crippen LogP contribution in [0.25, 0.3) is 11.0 Å². The van der Waals surface area contributed by atoms with Gasteiger partial charge in [0.05, 0.1) is 11.6 Å². The third kappa shape index (κ3) is 2.45. The number of H-pyrrole nitrogens is 1. The molecule has 0 aromatic carbocycles. The molecule has 5 rings (SSSR count). The molecule has 2 fully saturated rings. The first kappa shape index (κ1) is 14.4. The molecule has 2 aliphatic rings. The van der Waals surface area contributed by atoms with Gasteiger partial charge >= 0.3 is 0 Å². The highest BCUT2D eigenvalue weighted by Crippen LogP contribution is 2.48. The zero-order chi connectivity index (χ0) is 16.9. The van der Waals surface area contributed by atoms with Crippen LogP contribution < -0.4 is 4.90 Å². The van der Waals surface area contributed by atoms with Crippen molar-refractivity contribution in [3.63, 3.8) is 0 Å². The van der Waals surface area contributed by atoms with Crippen LogP contribution in [-0.2, 0) is 0 Å². The Morgan fingerprint density at radius 3 is 2.92 bits per heavy atom. The highest BCUT2D eigenvalue weighted by Gasteiger charge is 2.48. The standard InChI is InChI=1S/C17H18N6O2/c24-16(13-2-6-21-25-13)23-8-7-22(9-17(10-23)3-4-17)15-12-1-5-18-14(12)19-11-20-15/h1-2,5-6,11H,3-4,7-10H2,(H,18,19,20). The van der Waals surface area contributed by atoms with E-state index in [0.717, 1.165) is 49.3 Å². The Labute approximate surface area is 143 Å². The number of fused-ring (bicyclic) bond motifs is 1. The Bertz CT molecular complexity index is 914. The number of nitrogens with zero attached hydrogens (tertiary/aromatic N) is 5. The first-order valence-corrected chi connectivity index (χ1v) is 8.47. The van der Waals surface area contributed by atoms with E-state index in [2.05, 4.69) is 25.0 Å². The van der Waals surface area contributed by atoms with Gasteiger partial charge in [0.25, 0.3) is 5.91 Å². The Hall–Kier alpha value is -2.90. The molecule has 1 saturated heterocycles. The molecule has 1 spiro atoms. The van der Waals surface area contributed by atoms with Gasteiger partial charge in [-0.25, -0.2) is 9.97 Å². The highest BCUT2D eigenvalue weighted by atomic mass is 16.5. The lowest BCUT2D eigenvalue weighted by Crippen LogP contribution is -2.36. The molecule has 1 amide bonds. The van der Waals surface area contributed by atoms with E-state index in [1.54, 1.807) is 12.4 Å². The fraction of sp³-hybridized carbons (Fsp3) is 0.412. The number of nitrogens with one attached hydrogen (secondary N) is 1. The van der Waals surface area contributed by atoms with E-state index in [1.165, 1.54) is 6.20 Å². The summed E-state index contributed by atoms with van der Waals surface area (Å²) in [6, 6.07) is 3.63. The summed E-state index contributed by atoms with van der Waals surface area (Å²) in [5.74, 6) is 1.16. The van der Waals surface area contributed by atoms with Gasteiger partial charge in [-0.2, -0.15) is 0 Å². The van der Waals surface area contributed by atoms with Gasteiger partial charge in [0.15, 0.2) is 0 Å². The molecule has 1 aliphatic carbocycles. The molecule has 8 nitrogen and oxygen atoms in total. The predicted molar refractivity (Wildman–Crippen MR) is 90.2 cm³/mol. The fourth-order valence-corrected chi connectivity index (χ4v) is 3.70. The van der Waals surface area contributed by atoms with E-state index in [4.69, 9.17) is 4.52 Å². The molecule has 25 heavy (non-hydrogen) atoms. The van der Waals surface area contributed by atoms with Gasteiger partial charge in [-0.3, -0.25) is 4.79 Å². The summed E-state index contributed by atoms with van der Waals surface area (Å²) in [4.78, 5) is 28.8. The second kappa shape index (κ2) is 5.30. The maximum absolute atomic E-state index is 12.7. The highest BCUT2D eigenvalue weighted by molar-refractivity contribution is 5.91. The van der Waals surface area contributed by atoms with Crippen molar-refractivity contribution in [3.8, 4) is 0 Å². The number of hydrogen-bond donors (Lipinski definition) is 1. The number of aromatic nitrogens is 4. The fourth-order valence-electron chi connectivity index (χ4n) is 3.70. The van der Waals surface area contributed by atoms with Crippen molar-refractivity contribution in [2.24, 2.45) is 5.41 Å². The van der Waals surface area contributed by atoms with Crippen molar-refractivity contribution in [1.82, 2.24) is 25.0 Å². The molecule has 0 atom stereocenters. The molecule has 0 bridgehead atoms. The smallest absolute Gasteiger partial charge is 0.292 e. The van der Waals surface area contributed by atoms with Crippen LogP contribution in [-0.4, -0.2) is 57.1 Å². The minimum atomic E-state index is -0.0832. The molecular weight excluding hydrogens is 320 g/mol. The molecule has 128 valence electrons. The SMILES string of the molecule is O=C(c1ccno1)N1CCN(c2ncnc3[nH]ccc23)CC2(CC2)C1. The third-order valence-electron chi connectivity index (χ3n) is 5.22. The van der Waals surface area contributed by atoms with Gasteiger partial charge < -0.3 is 19.3 Å². The summed E-state index contributed by atoms with van der Waals surface area (Å²) in [5.41, 5.74) is 0.994. The molecule has 1 saturated carbocycles. The van der Waals surface area contributed by atoms with Crippen LogP contribution in [0.5, 0.6) is 0 Å². The van der Waals surface area contributed by atoms with Crippen molar-refractivity contribution in [1.29, 1.82) is 0 Å². The number of anilines is 1. The van der Waals surface area contributed by atoms with Crippen LogP contribution in [0, 0.1) is 5.41 Å². The average Bonchev–Trinajstić information content (AvgIpc) is 3.03. The maximum Gasteiger partial charge on any atom is 0.292 e. The van der Waals surface area contributed by atoms with Gasteiger partial charge in [-0.1, -0.05) is 5.16 Å². The Morgan fingerprint density at radius 1 is 1.20 bits per heavy atom. The number of hydrogen-bond acceptors (Lipinski definition) is 6. The second-order valence-corrected chi connectivity index (χ2v) is 6.96. The molecule has 0 radical (unpaired) electrons. The van der Waals surface area contributed by atoms with Crippen molar-refractivity contribution in [2.45, 2.75) is 12.8 Å². The Balaban J connectivity index is 1.45. The number of rotatable bonds is 2. The summed E-state index contributed by atoms with van der Waals surface area (Å²) in [7, 11) is 0. The Kier molecular flexibility index (Phi) is 3.06. The van der Waals surface area contributed by atoms with Gasteiger partial charge in [-0.15, -0.1) is 0 Å². The van der Waals surface area contributed by atoms with Crippen LogP contribution in [0.15, 0.2) is 35.4 Å². The summed E-state index contributed by atoms with van der Waals surface area (Å²) in [6.45, 7) is 3.03. The predicted octanol–water partition coefficient (Wildman–Crippen LogP) is 1.69. The maximum atomic E-state index is 12.7. The molecule has 4 heterocycles. The van der Waals surface area contributed by atoms with Crippen molar-refractivity contribution in [3.05, 3.63) is 36.6 Å². The lowest BCUT2D eigenvalue weighted by atomic mass is 10.1. The first-order valence-electron chi connectivity index (χ1n) is 8.47. The zero-order valence-electron chi connectivity index (χ0n) is 13.7. The van der Waals surface area contributed by atoms with E-state index >= 15 is 0 Å². The van der Waals surface area contributed by atoms with Gasteiger partial charge in [-0.05, 0) is 18.9 Å². The van der Waals surface area contributed by atoms with E-state index in [9.17, 15) is 4.79 Å². The summed E-state index contributed by atoms with van der Waals surface area (Å²) < 4.78 is 5.06. The molecular formula is C17H18N6O2. The molecule has 3 aromatic heterocycles. The number of carbonyl (C=O) groups is 1. The number of amides is 1. The minimum absolute atomic E-state index is 0.0832. The lowest BCUT2D eigenvalue weighted by molar-refractivity contribution is 0.0699. The first-order chi connectivity index (χ1) is 12.2. The normalized spacial score (nSPS) is 19.4. The molecule has 1 N–H and O–H groups in total. The number of carbonyl (C=O) groups excluding carboxylic acids is 1. The average molecular weight is 338 g/mol. The van der Waals surface area contributed by atoms with Crippen LogP contribution in [0.1, 0.15) is 23.4 Å². The quantitative estimate of drug-likeness (QED) is 0.764. The monoisotopic (exact) mass is 338 g/mol. The number of aromatic amines is 1. The van der Waals surface area contributed by atoms with E-state index in [0.29, 0.717) is 12.3 Å². The van der Waals surface area contributed by atoms with Crippen molar-refractivity contribution in [2.75, 3.05) is 31.1 Å². The van der Waals surface area contributed by atoms with Crippen molar-refractivity contribution < 1.29 is 9.32 Å². The molecule has 1 aliphatic heterocycles. The second-order valence-electron chi connectivity index (χ2n) is 6.96. The Morgan fingerprint density at radius 2 is 2.12 bits per heavy atom. The lowest BCUT2D eigenvalue weighted by Gasteiger charge is -2.25. The summed E-state index contributed by atoms with van der Waals surface area (Å²) >= 11 is 0. The van der Waals surface area contributed by atoms with E-state index in [1.807, 2.05) is 17.2 Å². The molecule has 0 unspecified atom stereocenters. The van der Waals surface area contributed by atoms with Crippen LogP contribution in [0.2, 0.25) is 0 Å². The van der Waals surface area contributed by atoms with Crippen LogP contribution in [0.4, 0.5) is 5.82 Å².